The Balaban J connectivity index is 1.90. The van der Waals surface area contributed by atoms with E-state index >= 15 is 0 Å². The molecule has 34 heavy (non-hydrogen) atoms. The molecule has 0 bridgehead atoms. The summed E-state index contributed by atoms with van der Waals surface area (Å²) in [5.41, 5.74) is 1.16. The van der Waals surface area contributed by atoms with Crippen LogP contribution in [0.25, 0.3) is 0 Å². The minimum absolute atomic E-state index is 0.159. The molecule has 0 spiro atoms. The van der Waals surface area contributed by atoms with Gasteiger partial charge in [0.25, 0.3) is 5.91 Å². The second-order valence-corrected chi connectivity index (χ2v) is 9.58. The molecule has 6 nitrogen and oxygen atoms in total. The average Bonchev–Trinajstić information content (AvgIpc) is 3.21. The van der Waals surface area contributed by atoms with Crippen LogP contribution in [0, 0.1) is 17.0 Å². The lowest BCUT2D eigenvalue weighted by molar-refractivity contribution is -0.143. The maximum atomic E-state index is 14.5. The third-order valence-corrected chi connectivity index (χ3v) is 5.53. The molecule has 0 saturated carbocycles. The molecule has 0 radical (unpaired) electrons. The van der Waals surface area contributed by atoms with Gasteiger partial charge in [-0.05, 0) is 29.2 Å². The molecule has 2 amide bonds. The molecule has 2 aromatic rings. The van der Waals surface area contributed by atoms with Gasteiger partial charge in [-0.3, -0.25) is 9.59 Å². The first kappa shape index (κ1) is 25.5. The van der Waals surface area contributed by atoms with Gasteiger partial charge in [0.1, 0.15) is 18.2 Å². The fraction of sp³-hybridized carbons (Fsp3) is 0.423. The number of hydrogen-bond donors (Lipinski definition) is 0. The highest BCUT2D eigenvalue weighted by molar-refractivity contribution is 6.03. The third-order valence-electron chi connectivity index (χ3n) is 5.53. The van der Waals surface area contributed by atoms with E-state index in [0.717, 1.165) is 0 Å². The van der Waals surface area contributed by atoms with Crippen LogP contribution in [0.4, 0.5) is 8.78 Å². The van der Waals surface area contributed by atoms with Gasteiger partial charge < -0.3 is 9.64 Å². The number of hydrazone groups is 1. The molecule has 182 valence electrons. The SMILES string of the molecule is COCCN(CC(=O)N1N=C(c2ccccc2F)CC1c1ccc(F)cc1)C(=O)CC(C)(C)C. The lowest BCUT2D eigenvalue weighted by Crippen LogP contribution is -2.43. The molecule has 0 N–H and O–H groups in total. The maximum Gasteiger partial charge on any atom is 0.262 e. The predicted octanol–water partition coefficient (Wildman–Crippen LogP) is 4.55. The van der Waals surface area contributed by atoms with E-state index in [1.54, 1.807) is 30.3 Å². The van der Waals surface area contributed by atoms with Crippen LogP contribution >= 0.6 is 0 Å². The van der Waals surface area contributed by atoms with Crippen LogP contribution in [0.15, 0.2) is 53.6 Å². The molecule has 1 aliphatic heterocycles. The van der Waals surface area contributed by atoms with Crippen LogP contribution in [0.2, 0.25) is 0 Å². The van der Waals surface area contributed by atoms with Crippen molar-refractivity contribution < 1.29 is 23.1 Å². The van der Waals surface area contributed by atoms with E-state index in [-0.39, 0.29) is 43.9 Å². The molecule has 2 aromatic carbocycles. The van der Waals surface area contributed by atoms with E-state index < -0.39 is 23.6 Å². The van der Waals surface area contributed by atoms with Crippen molar-refractivity contribution in [2.24, 2.45) is 10.5 Å². The second kappa shape index (κ2) is 10.9. The molecular formula is C26H31F2N3O3. The molecule has 1 aliphatic rings. The minimum atomic E-state index is -0.537. The molecule has 0 aromatic heterocycles. The lowest BCUT2D eigenvalue weighted by atomic mass is 9.91. The molecule has 8 heteroatoms. The van der Waals surface area contributed by atoms with Crippen molar-refractivity contribution >= 4 is 17.5 Å². The molecule has 1 heterocycles. The van der Waals surface area contributed by atoms with Gasteiger partial charge in [-0.25, -0.2) is 13.8 Å². The van der Waals surface area contributed by atoms with E-state index in [1.165, 1.54) is 35.2 Å². The number of carbonyl (C=O) groups excluding carboxylic acids is 2. The van der Waals surface area contributed by atoms with Gasteiger partial charge in [-0.1, -0.05) is 51.1 Å². The quantitative estimate of drug-likeness (QED) is 0.567. The Morgan fingerprint density at radius 3 is 2.41 bits per heavy atom. The topological polar surface area (TPSA) is 62.2 Å². The van der Waals surface area contributed by atoms with Gasteiger partial charge in [0.05, 0.1) is 18.4 Å². The van der Waals surface area contributed by atoms with Gasteiger partial charge in [0.2, 0.25) is 5.91 Å². The van der Waals surface area contributed by atoms with E-state index in [4.69, 9.17) is 4.74 Å². The summed E-state index contributed by atoms with van der Waals surface area (Å²) in [6.45, 7) is 6.22. The zero-order valence-electron chi connectivity index (χ0n) is 20.1. The number of hydrogen-bond acceptors (Lipinski definition) is 4. The van der Waals surface area contributed by atoms with Gasteiger partial charge in [0.15, 0.2) is 0 Å². The molecule has 0 fully saturated rings. The van der Waals surface area contributed by atoms with E-state index in [9.17, 15) is 18.4 Å². The highest BCUT2D eigenvalue weighted by Gasteiger charge is 2.35. The number of carbonyl (C=O) groups is 2. The Morgan fingerprint density at radius 2 is 1.79 bits per heavy atom. The first-order valence-corrected chi connectivity index (χ1v) is 11.3. The molecule has 0 aliphatic carbocycles. The molecule has 0 saturated heterocycles. The van der Waals surface area contributed by atoms with Crippen LogP contribution < -0.4 is 0 Å². The maximum absolute atomic E-state index is 14.5. The Bertz CT molecular complexity index is 1050. The molecule has 3 rings (SSSR count). The van der Waals surface area contributed by atoms with Crippen molar-refractivity contribution in [2.45, 2.75) is 39.7 Å². The van der Waals surface area contributed by atoms with E-state index in [2.05, 4.69) is 5.10 Å². The minimum Gasteiger partial charge on any atom is -0.383 e. The fourth-order valence-corrected chi connectivity index (χ4v) is 3.84. The summed E-state index contributed by atoms with van der Waals surface area (Å²) in [5.74, 6) is -1.39. The number of nitrogens with zero attached hydrogens (tertiary/aromatic N) is 3. The summed E-state index contributed by atoms with van der Waals surface area (Å²) in [6, 6.07) is 11.5. The summed E-state index contributed by atoms with van der Waals surface area (Å²) < 4.78 is 33.1. The molecular weight excluding hydrogens is 440 g/mol. The van der Waals surface area contributed by atoms with Crippen LogP contribution in [-0.4, -0.2) is 54.2 Å². The largest absolute Gasteiger partial charge is 0.383 e. The van der Waals surface area contributed by atoms with Crippen molar-refractivity contribution in [1.82, 2.24) is 9.91 Å². The third kappa shape index (κ3) is 6.47. The summed E-state index contributed by atoms with van der Waals surface area (Å²) in [4.78, 5) is 27.8. The summed E-state index contributed by atoms with van der Waals surface area (Å²) in [7, 11) is 1.53. The number of rotatable bonds is 8. The van der Waals surface area contributed by atoms with Gasteiger partial charge in [-0.15, -0.1) is 0 Å². The van der Waals surface area contributed by atoms with Crippen LogP contribution in [0.3, 0.4) is 0 Å². The molecule has 1 atom stereocenters. The normalized spacial score (nSPS) is 15.9. The average molecular weight is 472 g/mol. The van der Waals surface area contributed by atoms with E-state index in [0.29, 0.717) is 16.8 Å². The summed E-state index contributed by atoms with van der Waals surface area (Å²) >= 11 is 0. The van der Waals surface area contributed by atoms with Crippen molar-refractivity contribution in [2.75, 3.05) is 26.8 Å². The zero-order valence-corrected chi connectivity index (χ0v) is 20.1. The monoisotopic (exact) mass is 471 g/mol. The van der Waals surface area contributed by atoms with Crippen molar-refractivity contribution in [3.05, 3.63) is 71.3 Å². The Kier molecular flexibility index (Phi) is 8.15. The van der Waals surface area contributed by atoms with E-state index in [1.807, 2.05) is 20.8 Å². The van der Waals surface area contributed by atoms with Crippen LogP contribution in [-0.2, 0) is 14.3 Å². The number of halogens is 2. The van der Waals surface area contributed by atoms with Crippen molar-refractivity contribution in [3.8, 4) is 0 Å². The highest BCUT2D eigenvalue weighted by Crippen LogP contribution is 2.33. The standard InChI is InChI=1S/C26H31F2N3O3/c1-26(2,3)16-24(32)30(13-14-34-4)17-25(33)31-23(18-9-11-19(27)12-10-18)15-22(29-31)20-7-5-6-8-21(20)28/h5-12,23H,13-17H2,1-4H3. The van der Waals surface area contributed by atoms with Gasteiger partial charge in [-0.2, -0.15) is 5.10 Å². The Morgan fingerprint density at radius 1 is 1.12 bits per heavy atom. The Hall–Kier alpha value is -3.13. The number of benzene rings is 2. The zero-order chi connectivity index (χ0) is 24.9. The number of ether oxygens (including phenoxy) is 1. The smallest absolute Gasteiger partial charge is 0.262 e. The fourth-order valence-electron chi connectivity index (χ4n) is 3.84. The summed E-state index contributed by atoms with van der Waals surface area (Å²) in [6.07, 6.45) is 0.543. The second-order valence-electron chi connectivity index (χ2n) is 9.58. The predicted molar refractivity (Wildman–Crippen MR) is 126 cm³/mol. The van der Waals surface area contributed by atoms with Crippen LogP contribution in [0.5, 0.6) is 0 Å². The molecule has 1 unspecified atom stereocenters. The number of amides is 2. The lowest BCUT2D eigenvalue weighted by Gasteiger charge is -2.29. The Labute approximate surface area is 199 Å². The summed E-state index contributed by atoms with van der Waals surface area (Å²) in [5, 5.41) is 5.75. The number of methoxy groups -OCH3 is 1. The van der Waals surface area contributed by atoms with Crippen molar-refractivity contribution in [1.29, 1.82) is 0 Å². The van der Waals surface area contributed by atoms with Crippen LogP contribution in [0.1, 0.15) is 50.8 Å². The highest BCUT2D eigenvalue weighted by atomic mass is 19.1. The first-order chi connectivity index (χ1) is 16.1. The van der Waals surface area contributed by atoms with Gasteiger partial charge >= 0.3 is 0 Å². The first-order valence-electron chi connectivity index (χ1n) is 11.3. The van der Waals surface area contributed by atoms with Crippen molar-refractivity contribution in [3.63, 3.8) is 0 Å². The van der Waals surface area contributed by atoms with Gasteiger partial charge in [0, 0.05) is 32.1 Å².